The van der Waals surface area contributed by atoms with Gasteiger partial charge in [-0.2, -0.15) is 0 Å². The van der Waals surface area contributed by atoms with Gasteiger partial charge in [0.1, 0.15) is 0 Å². The summed E-state index contributed by atoms with van der Waals surface area (Å²) in [5, 5.41) is 11.0. The van der Waals surface area contributed by atoms with E-state index in [9.17, 15) is 14.7 Å². The molecule has 5 heteroatoms. The number of rotatable bonds is 3. The van der Waals surface area contributed by atoms with Crippen LogP contribution in [0.25, 0.3) is 10.8 Å². The van der Waals surface area contributed by atoms with Crippen molar-refractivity contribution in [2.75, 3.05) is 0 Å². The normalized spacial score (nSPS) is 10.2. The van der Waals surface area contributed by atoms with Crippen LogP contribution in [0.3, 0.4) is 0 Å². The molecule has 0 saturated heterocycles. The Bertz CT molecular complexity index is 588. The van der Waals surface area contributed by atoms with Crippen LogP contribution in [0.4, 0.5) is 0 Å². The number of fused-ring (bicyclic) bond motifs is 1. The molecular weight excluding hydrogens is 210 g/mol. The Balaban J connectivity index is 2.65. The summed E-state index contributed by atoms with van der Waals surface area (Å²) in [7, 11) is 0. The van der Waals surface area contributed by atoms with Gasteiger partial charge in [-0.05, 0) is 11.5 Å². The second-order valence-corrected chi connectivity index (χ2v) is 3.21. The lowest BCUT2D eigenvalue weighted by Gasteiger charge is -2.09. The summed E-state index contributed by atoms with van der Waals surface area (Å²) in [5.41, 5.74) is -0.418. The van der Waals surface area contributed by atoms with Crippen LogP contribution in [0.15, 0.2) is 35.1 Å². The minimum atomic E-state index is -0.418. The second kappa shape index (κ2) is 4.06. The first-order valence-electron chi connectivity index (χ1n) is 4.61. The number of aromatic hydroxyl groups is 1. The number of carbonyl (C=O) groups is 1. The minimum Gasteiger partial charge on any atom is -0.494 e. The van der Waals surface area contributed by atoms with Crippen LogP contribution in [0.1, 0.15) is 0 Å². The van der Waals surface area contributed by atoms with Crippen molar-refractivity contribution >= 4 is 17.2 Å². The van der Waals surface area contributed by atoms with Crippen molar-refractivity contribution in [1.82, 2.24) is 4.57 Å². The molecule has 1 aromatic carbocycles. The number of aromatic nitrogens is 1. The van der Waals surface area contributed by atoms with E-state index in [-0.39, 0.29) is 19.1 Å². The number of ether oxygens (including phenoxy) is 1. The fourth-order valence-corrected chi connectivity index (χ4v) is 1.52. The fourth-order valence-electron chi connectivity index (χ4n) is 1.52. The summed E-state index contributed by atoms with van der Waals surface area (Å²) in [4.78, 5) is 21.6. The molecule has 1 N–H and O–H groups in total. The first-order valence-corrected chi connectivity index (χ1v) is 4.61. The molecule has 16 heavy (non-hydrogen) atoms. The summed E-state index contributed by atoms with van der Waals surface area (Å²) in [5.74, 6) is -0.204. The smallest absolute Gasteiger partial charge is 0.294 e. The topological polar surface area (TPSA) is 68.5 Å². The molecule has 2 aromatic rings. The standard InChI is InChI=1S/C11H9NO4/c13-7-16-6-12-10(14)5-8-3-1-2-4-9(8)11(12)15/h1-5,7,15H,6H2. The van der Waals surface area contributed by atoms with Gasteiger partial charge in [0.05, 0.1) is 0 Å². The van der Waals surface area contributed by atoms with Crippen molar-refractivity contribution in [1.29, 1.82) is 0 Å². The van der Waals surface area contributed by atoms with Crippen LogP contribution in [0.2, 0.25) is 0 Å². The third kappa shape index (κ3) is 1.63. The molecule has 0 radical (unpaired) electrons. The summed E-state index contributed by atoms with van der Waals surface area (Å²) in [6.45, 7) is -0.0694. The van der Waals surface area contributed by atoms with Gasteiger partial charge in [0.15, 0.2) is 6.73 Å². The van der Waals surface area contributed by atoms with Gasteiger partial charge in [-0.15, -0.1) is 0 Å². The van der Waals surface area contributed by atoms with E-state index in [4.69, 9.17) is 0 Å². The quantitative estimate of drug-likeness (QED) is 0.776. The number of hydrogen-bond donors (Lipinski definition) is 1. The zero-order valence-electron chi connectivity index (χ0n) is 8.29. The van der Waals surface area contributed by atoms with E-state index in [1.807, 2.05) is 0 Å². The van der Waals surface area contributed by atoms with Gasteiger partial charge >= 0.3 is 0 Å². The van der Waals surface area contributed by atoms with E-state index in [1.165, 1.54) is 6.07 Å². The van der Waals surface area contributed by atoms with Crippen molar-refractivity contribution < 1.29 is 14.6 Å². The molecule has 0 aliphatic heterocycles. The van der Waals surface area contributed by atoms with Crippen molar-refractivity contribution in [3.05, 3.63) is 40.7 Å². The average Bonchev–Trinajstić information content (AvgIpc) is 2.29. The van der Waals surface area contributed by atoms with Gasteiger partial charge in [0, 0.05) is 11.5 Å². The van der Waals surface area contributed by atoms with Crippen LogP contribution in [0, 0.1) is 0 Å². The van der Waals surface area contributed by atoms with Crippen LogP contribution in [-0.2, 0) is 16.3 Å². The summed E-state index contributed by atoms with van der Waals surface area (Å²) in [6, 6.07) is 8.30. The van der Waals surface area contributed by atoms with Crippen molar-refractivity contribution in [3.63, 3.8) is 0 Å². The van der Waals surface area contributed by atoms with Crippen LogP contribution >= 0.6 is 0 Å². The Morgan fingerprint density at radius 2 is 2.12 bits per heavy atom. The van der Waals surface area contributed by atoms with Crippen LogP contribution in [0.5, 0.6) is 5.88 Å². The molecular formula is C11H9NO4. The molecule has 0 spiro atoms. The number of hydrogen-bond acceptors (Lipinski definition) is 4. The SMILES string of the molecule is O=COCn1c(O)c2ccccc2cc1=O. The maximum Gasteiger partial charge on any atom is 0.294 e. The molecule has 0 bridgehead atoms. The van der Waals surface area contributed by atoms with E-state index in [0.717, 1.165) is 4.57 Å². The predicted octanol–water partition coefficient (Wildman–Crippen LogP) is 0.838. The molecule has 1 aromatic heterocycles. The fraction of sp³-hybridized carbons (Fsp3) is 0.0909. The molecule has 0 unspecified atom stereocenters. The number of carbonyl (C=O) groups excluding carboxylic acids is 1. The van der Waals surface area contributed by atoms with Gasteiger partial charge in [-0.3, -0.25) is 9.59 Å². The minimum absolute atomic E-state index is 0.204. The molecule has 1 heterocycles. The third-order valence-corrected chi connectivity index (χ3v) is 2.27. The van der Waals surface area contributed by atoms with Crippen molar-refractivity contribution in [2.24, 2.45) is 0 Å². The van der Waals surface area contributed by atoms with Crippen molar-refractivity contribution in [3.8, 4) is 5.88 Å². The molecule has 0 amide bonds. The molecule has 0 aliphatic carbocycles. The molecule has 0 aliphatic rings. The van der Waals surface area contributed by atoms with E-state index < -0.39 is 5.56 Å². The Morgan fingerprint density at radius 1 is 1.38 bits per heavy atom. The largest absolute Gasteiger partial charge is 0.494 e. The van der Waals surface area contributed by atoms with Gasteiger partial charge < -0.3 is 9.84 Å². The zero-order valence-corrected chi connectivity index (χ0v) is 8.29. The van der Waals surface area contributed by atoms with Gasteiger partial charge in [0.25, 0.3) is 12.0 Å². The monoisotopic (exact) mass is 219 g/mol. The Labute approximate surface area is 90.5 Å². The highest BCUT2D eigenvalue weighted by Crippen LogP contribution is 2.21. The van der Waals surface area contributed by atoms with E-state index >= 15 is 0 Å². The summed E-state index contributed by atoms with van der Waals surface area (Å²) >= 11 is 0. The first-order chi connectivity index (χ1) is 7.74. The highest BCUT2D eigenvalue weighted by Gasteiger charge is 2.07. The Morgan fingerprint density at radius 3 is 2.88 bits per heavy atom. The number of benzene rings is 1. The second-order valence-electron chi connectivity index (χ2n) is 3.21. The molecule has 0 atom stereocenters. The zero-order chi connectivity index (χ0) is 11.5. The van der Waals surface area contributed by atoms with E-state index in [0.29, 0.717) is 10.8 Å². The predicted molar refractivity (Wildman–Crippen MR) is 57.0 cm³/mol. The van der Waals surface area contributed by atoms with Crippen LogP contribution < -0.4 is 5.56 Å². The number of pyridine rings is 1. The van der Waals surface area contributed by atoms with Crippen molar-refractivity contribution in [2.45, 2.75) is 6.73 Å². The van der Waals surface area contributed by atoms with Gasteiger partial charge in [-0.25, -0.2) is 4.57 Å². The summed E-state index contributed by atoms with van der Waals surface area (Å²) < 4.78 is 5.44. The highest BCUT2D eigenvalue weighted by atomic mass is 16.5. The maximum atomic E-state index is 11.6. The van der Waals surface area contributed by atoms with Gasteiger partial charge in [0.2, 0.25) is 5.88 Å². The lowest BCUT2D eigenvalue weighted by atomic mass is 10.2. The lowest BCUT2D eigenvalue weighted by Crippen LogP contribution is -2.20. The Kier molecular flexibility index (Phi) is 2.59. The molecule has 5 nitrogen and oxygen atoms in total. The van der Waals surface area contributed by atoms with E-state index in [1.54, 1.807) is 24.3 Å². The molecule has 2 rings (SSSR count). The first kappa shape index (κ1) is 10.2. The van der Waals surface area contributed by atoms with Gasteiger partial charge in [-0.1, -0.05) is 18.2 Å². The van der Waals surface area contributed by atoms with Crippen LogP contribution in [-0.4, -0.2) is 16.1 Å². The Hall–Kier alpha value is -2.30. The van der Waals surface area contributed by atoms with E-state index in [2.05, 4.69) is 4.74 Å². The molecule has 82 valence electrons. The molecule has 0 saturated carbocycles. The molecule has 0 fully saturated rings. The summed E-state index contributed by atoms with van der Waals surface area (Å²) in [6.07, 6.45) is 0. The maximum absolute atomic E-state index is 11.6. The third-order valence-electron chi connectivity index (χ3n) is 2.27. The lowest BCUT2D eigenvalue weighted by molar-refractivity contribution is -0.132. The number of nitrogens with zero attached hydrogens (tertiary/aromatic N) is 1. The average molecular weight is 219 g/mol. The highest BCUT2D eigenvalue weighted by molar-refractivity contribution is 5.86.